The molecule has 0 N–H and O–H groups in total. The number of halogens is 2. The molecule has 9 heteroatoms. The predicted molar refractivity (Wildman–Crippen MR) is 51.6 cm³/mol. The molecule has 0 saturated carbocycles. The molecule has 1 heterocycles. The fourth-order valence-corrected chi connectivity index (χ4v) is 2.04. The third-order valence-corrected chi connectivity index (χ3v) is 2.96. The summed E-state index contributed by atoms with van der Waals surface area (Å²) in [5, 5.41) is 10.3. The van der Waals surface area contributed by atoms with Gasteiger partial charge in [0.25, 0.3) is 9.05 Å². The molecule has 1 aromatic heterocycles. The van der Waals surface area contributed by atoms with Crippen molar-refractivity contribution >= 4 is 41.5 Å². The molecule has 0 saturated heterocycles. The molecule has 0 aliphatic heterocycles. The van der Waals surface area contributed by atoms with E-state index in [-0.39, 0.29) is 9.50 Å². The van der Waals surface area contributed by atoms with Crippen LogP contribution in [0, 0.1) is 10.1 Å². The predicted octanol–water partition coefficient (Wildman–Crippen LogP) is 1.68. The highest BCUT2D eigenvalue weighted by Gasteiger charge is 2.18. The van der Waals surface area contributed by atoms with Crippen molar-refractivity contribution in [3.05, 3.63) is 26.9 Å². The minimum atomic E-state index is -3.98. The molecule has 1 rings (SSSR count). The number of aromatic nitrogens is 1. The molecule has 76 valence electrons. The van der Waals surface area contributed by atoms with E-state index in [9.17, 15) is 18.5 Å². The average molecular weight is 302 g/mol. The van der Waals surface area contributed by atoms with E-state index in [1.807, 2.05) is 0 Å². The molecule has 0 spiro atoms. The molecule has 0 fully saturated rings. The van der Waals surface area contributed by atoms with Gasteiger partial charge in [0.1, 0.15) is 0 Å². The van der Waals surface area contributed by atoms with Crippen LogP contribution in [0.1, 0.15) is 0 Å². The largest absolute Gasteiger partial charge is 0.366 e. The van der Waals surface area contributed by atoms with E-state index < -0.39 is 19.8 Å². The van der Waals surface area contributed by atoms with Gasteiger partial charge >= 0.3 is 5.82 Å². The van der Waals surface area contributed by atoms with Crippen LogP contribution in [0.25, 0.3) is 0 Å². The van der Waals surface area contributed by atoms with Crippen molar-refractivity contribution < 1.29 is 13.3 Å². The van der Waals surface area contributed by atoms with E-state index in [4.69, 9.17) is 10.7 Å². The average Bonchev–Trinajstić information content (AvgIpc) is 2.01. The van der Waals surface area contributed by atoms with Crippen molar-refractivity contribution in [2.45, 2.75) is 4.90 Å². The van der Waals surface area contributed by atoms with Gasteiger partial charge in [-0.3, -0.25) is 0 Å². The van der Waals surface area contributed by atoms with Crippen LogP contribution in [0.3, 0.4) is 0 Å². The highest BCUT2D eigenvalue weighted by molar-refractivity contribution is 9.10. The summed E-state index contributed by atoms with van der Waals surface area (Å²) in [7, 11) is 1.02. The normalized spacial score (nSPS) is 11.3. The zero-order valence-corrected chi connectivity index (χ0v) is 9.50. The Labute approximate surface area is 91.6 Å². The van der Waals surface area contributed by atoms with Crippen molar-refractivity contribution in [1.82, 2.24) is 4.98 Å². The van der Waals surface area contributed by atoms with E-state index in [1.165, 1.54) is 0 Å². The Morgan fingerprint density at radius 2 is 2.07 bits per heavy atom. The van der Waals surface area contributed by atoms with Gasteiger partial charge in [-0.25, -0.2) is 8.42 Å². The van der Waals surface area contributed by atoms with Crippen molar-refractivity contribution in [2.75, 3.05) is 0 Å². The number of hydrogen-bond acceptors (Lipinski definition) is 5. The summed E-state index contributed by atoms with van der Waals surface area (Å²) < 4.78 is 21.7. The molecule has 14 heavy (non-hydrogen) atoms. The minimum absolute atomic E-state index is 0.0333. The second-order valence-corrected chi connectivity index (χ2v) is 5.56. The Kier molecular flexibility index (Phi) is 3.07. The molecular weight excluding hydrogens is 299 g/mol. The van der Waals surface area contributed by atoms with Gasteiger partial charge in [-0.15, -0.1) is 0 Å². The molecule has 0 atom stereocenters. The van der Waals surface area contributed by atoms with Crippen LogP contribution in [0.5, 0.6) is 0 Å². The van der Waals surface area contributed by atoms with E-state index in [2.05, 4.69) is 20.9 Å². The van der Waals surface area contributed by atoms with Crippen LogP contribution in [0.15, 0.2) is 21.6 Å². The lowest BCUT2D eigenvalue weighted by molar-refractivity contribution is -0.389. The van der Waals surface area contributed by atoms with Gasteiger partial charge in [-0.1, -0.05) is 0 Å². The summed E-state index contributed by atoms with van der Waals surface area (Å²) in [5.74, 6) is -0.585. The lowest BCUT2D eigenvalue weighted by Gasteiger charge is -1.96. The molecule has 0 radical (unpaired) electrons. The zero-order valence-electron chi connectivity index (χ0n) is 6.35. The maximum absolute atomic E-state index is 10.9. The van der Waals surface area contributed by atoms with E-state index in [0.717, 1.165) is 12.1 Å². The van der Waals surface area contributed by atoms with Crippen LogP contribution in [0.4, 0.5) is 5.82 Å². The summed E-state index contributed by atoms with van der Waals surface area (Å²) in [6, 6.07) is 1.86. The van der Waals surface area contributed by atoms with Crippen molar-refractivity contribution in [3.63, 3.8) is 0 Å². The molecular formula is C5H2BrClN2O4S. The van der Waals surface area contributed by atoms with E-state index in [0.29, 0.717) is 0 Å². The van der Waals surface area contributed by atoms with Crippen LogP contribution < -0.4 is 0 Å². The van der Waals surface area contributed by atoms with Gasteiger partial charge in [0.15, 0.2) is 0 Å². The fourth-order valence-electron chi connectivity index (χ4n) is 0.695. The molecule has 1 aromatic rings. The number of nitrogens with zero attached hydrogens (tertiary/aromatic N) is 2. The number of rotatable bonds is 2. The second kappa shape index (κ2) is 3.79. The molecule has 0 unspecified atom stereocenters. The molecule has 0 aliphatic rings. The maximum atomic E-state index is 10.9. The second-order valence-electron chi connectivity index (χ2n) is 2.18. The van der Waals surface area contributed by atoms with Gasteiger partial charge in [0, 0.05) is 32.7 Å². The Balaban J connectivity index is 3.43. The smallest absolute Gasteiger partial charge is 0.358 e. The van der Waals surface area contributed by atoms with Crippen molar-refractivity contribution in [2.24, 2.45) is 0 Å². The number of pyridine rings is 1. The SMILES string of the molecule is O=[N+]([O-])c1cc(S(=O)(=O)Cl)cc(Br)n1. The van der Waals surface area contributed by atoms with Crippen LogP contribution in [0.2, 0.25) is 0 Å². The summed E-state index contributed by atoms with van der Waals surface area (Å²) >= 11 is 2.84. The van der Waals surface area contributed by atoms with Crippen molar-refractivity contribution in [1.29, 1.82) is 0 Å². The van der Waals surface area contributed by atoms with Crippen LogP contribution in [-0.2, 0) is 9.05 Å². The molecule has 6 nitrogen and oxygen atoms in total. The maximum Gasteiger partial charge on any atom is 0.366 e. The summed E-state index contributed by atoms with van der Waals surface area (Å²) in [6.45, 7) is 0. The molecule has 0 bridgehead atoms. The summed E-state index contributed by atoms with van der Waals surface area (Å²) in [4.78, 5) is 12.6. The first-order valence-electron chi connectivity index (χ1n) is 3.07. The Bertz CT molecular complexity index is 489. The Hall–Kier alpha value is -0.730. The standard InChI is InChI=1S/C5H2BrClN2O4S/c6-4-1-3(14(7,12)13)2-5(8-4)9(10)11/h1-2H. The number of nitro groups is 1. The summed E-state index contributed by atoms with van der Waals surface area (Å²) in [6.07, 6.45) is 0. The first kappa shape index (κ1) is 11.3. The highest BCUT2D eigenvalue weighted by Crippen LogP contribution is 2.22. The quantitative estimate of drug-likeness (QED) is 0.359. The van der Waals surface area contributed by atoms with Gasteiger partial charge in [-0.05, 0) is 9.91 Å². The Morgan fingerprint density at radius 3 is 2.50 bits per heavy atom. The molecule has 0 aromatic carbocycles. The minimum Gasteiger partial charge on any atom is -0.358 e. The number of hydrogen-bond donors (Lipinski definition) is 0. The van der Waals surface area contributed by atoms with E-state index in [1.54, 1.807) is 0 Å². The van der Waals surface area contributed by atoms with Crippen molar-refractivity contribution in [3.8, 4) is 0 Å². The van der Waals surface area contributed by atoms with Crippen LogP contribution in [-0.4, -0.2) is 18.3 Å². The lowest BCUT2D eigenvalue weighted by atomic mass is 10.5. The monoisotopic (exact) mass is 300 g/mol. The zero-order chi connectivity index (χ0) is 10.9. The first-order chi connectivity index (χ1) is 6.30. The molecule has 0 amide bonds. The first-order valence-corrected chi connectivity index (χ1v) is 6.17. The van der Waals surface area contributed by atoms with E-state index >= 15 is 0 Å². The van der Waals surface area contributed by atoms with Gasteiger partial charge in [0.05, 0.1) is 11.0 Å². The third kappa shape index (κ3) is 2.63. The van der Waals surface area contributed by atoms with Gasteiger partial charge in [-0.2, -0.15) is 0 Å². The third-order valence-electron chi connectivity index (χ3n) is 1.22. The van der Waals surface area contributed by atoms with Crippen LogP contribution >= 0.6 is 26.6 Å². The van der Waals surface area contributed by atoms with Gasteiger partial charge < -0.3 is 10.1 Å². The molecule has 0 aliphatic carbocycles. The topological polar surface area (TPSA) is 90.2 Å². The fraction of sp³-hybridized carbons (Fsp3) is 0. The highest BCUT2D eigenvalue weighted by atomic mass is 79.9. The summed E-state index contributed by atoms with van der Waals surface area (Å²) in [5.41, 5.74) is 0. The van der Waals surface area contributed by atoms with Gasteiger partial charge in [0.2, 0.25) is 4.60 Å². The lowest BCUT2D eigenvalue weighted by Crippen LogP contribution is -1.97. The Morgan fingerprint density at radius 1 is 1.50 bits per heavy atom.